The molecule has 0 spiro atoms. The molecule has 1 N–H and O–H groups in total. The molecule has 0 unspecified atom stereocenters. The van der Waals surface area contributed by atoms with Crippen LogP contribution in [0.15, 0.2) is 48.5 Å². The van der Waals surface area contributed by atoms with Gasteiger partial charge in [-0.1, -0.05) is 42.0 Å². The number of pyridine rings is 1. The maximum atomic E-state index is 13.6. The lowest BCUT2D eigenvalue weighted by atomic mass is 9.99. The predicted molar refractivity (Wildman–Crippen MR) is 146 cm³/mol. The van der Waals surface area contributed by atoms with Gasteiger partial charge >= 0.3 is 0 Å². The third kappa shape index (κ3) is 4.60. The van der Waals surface area contributed by atoms with Crippen molar-refractivity contribution in [3.05, 3.63) is 81.2 Å². The molecule has 0 bridgehead atoms. The van der Waals surface area contributed by atoms with Gasteiger partial charge < -0.3 is 10.2 Å². The van der Waals surface area contributed by atoms with Gasteiger partial charge in [-0.25, -0.2) is 4.98 Å². The maximum absolute atomic E-state index is 13.6. The van der Waals surface area contributed by atoms with E-state index in [0.29, 0.717) is 50.9 Å². The molecular weight excluding hydrogens is 468 g/mol. The summed E-state index contributed by atoms with van der Waals surface area (Å²) in [7, 11) is 0. The molecule has 0 saturated heterocycles. The van der Waals surface area contributed by atoms with Crippen molar-refractivity contribution in [2.24, 2.45) is 0 Å². The van der Waals surface area contributed by atoms with Crippen LogP contribution in [0.5, 0.6) is 0 Å². The van der Waals surface area contributed by atoms with E-state index in [9.17, 15) is 14.9 Å². The molecule has 182 valence electrons. The van der Waals surface area contributed by atoms with E-state index in [1.54, 1.807) is 17.9 Å². The van der Waals surface area contributed by atoms with Crippen LogP contribution in [0.3, 0.4) is 0 Å². The first-order valence-electron chi connectivity index (χ1n) is 11.9. The number of benzene rings is 2. The lowest BCUT2D eigenvalue weighted by Gasteiger charge is -2.17. The fourth-order valence-electron chi connectivity index (χ4n) is 4.37. The first-order chi connectivity index (χ1) is 17.3. The number of carbonyl (C=O) groups excluding carboxylic acids is 2. The second-order valence-corrected chi connectivity index (χ2v) is 9.71. The number of aromatic nitrogens is 1. The summed E-state index contributed by atoms with van der Waals surface area (Å²) in [6.45, 7) is 10.8. The second kappa shape index (κ2) is 10.3. The number of nitrogens with zero attached hydrogens (tertiary/aromatic N) is 3. The van der Waals surface area contributed by atoms with Crippen LogP contribution >= 0.6 is 11.3 Å². The number of rotatable bonds is 6. The van der Waals surface area contributed by atoms with E-state index in [4.69, 9.17) is 4.98 Å². The molecule has 6 nitrogen and oxygen atoms in total. The summed E-state index contributed by atoms with van der Waals surface area (Å²) in [5, 5.41) is 13.8. The average molecular weight is 497 g/mol. The largest absolute Gasteiger partial charge is 0.338 e. The minimum absolute atomic E-state index is 0.133. The van der Waals surface area contributed by atoms with Gasteiger partial charge in [-0.15, -0.1) is 11.3 Å². The lowest BCUT2D eigenvalue weighted by molar-refractivity contribution is 0.0777. The van der Waals surface area contributed by atoms with Crippen LogP contribution in [0.2, 0.25) is 0 Å². The fourth-order valence-corrected chi connectivity index (χ4v) is 5.49. The number of para-hydroxylation sites is 1. The minimum Gasteiger partial charge on any atom is -0.338 e. The Hall–Kier alpha value is -4.02. The highest BCUT2D eigenvalue weighted by Crippen LogP contribution is 2.35. The zero-order valence-corrected chi connectivity index (χ0v) is 21.9. The number of fused-ring (bicyclic) bond motifs is 1. The number of nitrogens with one attached hydrogen (secondary N) is 1. The van der Waals surface area contributed by atoms with E-state index in [-0.39, 0.29) is 11.8 Å². The van der Waals surface area contributed by atoms with Gasteiger partial charge in [0.05, 0.1) is 27.2 Å². The number of nitriles is 1. The summed E-state index contributed by atoms with van der Waals surface area (Å²) in [6, 6.07) is 17.6. The van der Waals surface area contributed by atoms with Gasteiger partial charge in [0.1, 0.15) is 11.1 Å². The van der Waals surface area contributed by atoms with Gasteiger partial charge in [0.25, 0.3) is 11.8 Å². The highest BCUT2D eigenvalue weighted by atomic mass is 32.1. The fraction of sp³-hybridized carbons (Fsp3) is 0.241. The lowest BCUT2D eigenvalue weighted by Crippen LogP contribution is -2.30. The van der Waals surface area contributed by atoms with E-state index in [2.05, 4.69) is 17.5 Å². The molecule has 0 saturated carbocycles. The Bertz CT molecular complexity index is 1530. The highest BCUT2D eigenvalue weighted by Gasteiger charge is 2.25. The molecule has 4 rings (SSSR count). The van der Waals surface area contributed by atoms with Crippen LogP contribution in [0.25, 0.3) is 22.2 Å². The number of hydrogen-bond acceptors (Lipinski definition) is 5. The van der Waals surface area contributed by atoms with Crippen molar-refractivity contribution in [3.63, 3.8) is 0 Å². The van der Waals surface area contributed by atoms with Crippen molar-refractivity contribution in [2.45, 2.75) is 34.6 Å². The number of amides is 2. The molecule has 4 aromatic rings. The SMILES string of the molecule is CCN(CC)C(=O)c1sc(NC(=O)c2cc(-c3ccc(C)cc3C)nc3ccccc23)c(C#N)c1C. The number of aryl methyl sites for hydroxylation is 2. The molecule has 7 heteroatoms. The smallest absolute Gasteiger partial charge is 0.264 e. The van der Waals surface area contributed by atoms with Gasteiger partial charge in [0.15, 0.2) is 0 Å². The molecular formula is C29H28N4O2S. The summed E-state index contributed by atoms with van der Waals surface area (Å²) in [5.41, 5.74) is 5.96. The average Bonchev–Trinajstić information content (AvgIpc) is 3.18. The molecule has 2 aromatic heterocycles. The van der Waals surface area contributed by atoms with Gasteiger partial charge in [0, 0.05) is 24.0 Å². The predicted octanol–water partition coefficient (Wildman–Crippen LogP) is 6.49. The molecule has 0 atom stereocenters. The van der Waals surface area contributed by atoms with Crippen molar-refractivity contribution in [2.75, 3.05) is 18.4 Å². The van der Waals surface area contributed by atoms with Crippen LogP contribution < -0.4 is 5.32 Å². The Labute approximate surface area is 215 Å². The quantitative estimate of drug-likeness (QED) is 0.330. The molecule has 2 amide bonds. The summed E-state index contributed by atoms with van der Waals surface area (Å²) in [5.74, 6) is -0.481. The van der Waals surface area contributed by atoms with E-state index in [1.165, 1.54) is 0 Å². The summed E-state index contributed by atoms with van der Waals surface area (Å²) in [4.78, 5) is 33.6. The summed E-state index contributed by atoms with van der Waals surface area (Å²) >= 11 is 1.15. The first kappa shape index (κ1) is 25.1. The van der Waals surface area contributed by atoms with E-state index >= 15 is 0 Å². The number of thiophene rings is 1. The zero-order chi connectivity index (χ0) is 26.0. The van der Waals surface area contributed by atoms with Crippen molar-refractivity contribution in [1.29, 1.82) is 5.26 Å². The molecule has 0 fully saturated rings. The maximum Gasteiger partial charge on any atom is 0.264 e. The van der Waals surface area contributed by atoms with Crippen LogP contribution in [0.4, 0.5) is 5.00 Å². The Morgan fingerprint density at radius 1 is 1.06 bits per heavy atom. The van der Waals surface area contributed by atoms with Gasteiger partial charge in [-0.3, -0.25) is 9.59 Å². The molecule has 2 heterocycles. The Balaban J connectivity index is 1.79. The minimum atomic E-state index is -0.348. The van der Waals surface area contributed by atoms with Gasteiger partial charge in [0.2, 0.25) is 0 Å². The Morgan fingerprint density at radius 2 is 1.78 bits per heavy atom. The second-order valence-electron chi connectivity index (χ2n) is 8.69. The van der Waals surface area contributed by atoms with E-state index < -0.39 is 0 Å². The first-order valence-corrected chi connectivity index (χ1v) is 12.7. The zero-order valence-electron chi connectivity index (χ0n) is 21.1. The topological polar surface area (TPSA) is 86.1 Å². The molecule has 36 heavy (non-hydrogen) atoms. The van der Waals surface area contributed by atoms with Crippen molar-refractivity contribution < 1.29 is 9.59 Å². The normalized spacial score (nSPS) is 10.8. The monoisotopic (exact) mass is 496 g/mol. The highest BCUT2D eigenvalue weighted by molar-refractivity contribution is 7.18. The third-order valence-electron chi connectivity index (χ3n) is 6.35. The van der Waals surface area contributed by atoms with Crippen LogP contribution in [-0.4, -0.2) is 34.8 Å². The number of anilines is 1. The van der Waals surface area contributed by atoms with Crippen LogP contribution in [0, 0.1) is 32.1 Å². The third-order valence-corrected chi connectivity index (χ3v) is 7.54. The van der Waals surface area contributed by atoms with E-state index in [0.717, 1.165) is 33.4 Å². The summed E-state index contributed by atoms with van der Waals surface area (Å²) < 4.78 is 0. The van der Waals surface area contributed by atoms with Gasteiger partial charge in [-0.2, -0.15) is 5.26 Å². The van der Waals surface area contributed by atoms with Crippen molar-refractivity contribution in [1.82, 2.24) is 9.88 Å². The number of carbonyl (C=O) groups is 2. The molecule has 0 aliphatic rings. The number of hydrogen-bond donors (Lipinski definition) is 1. The van der Waals surface area contributed by atoms with Crippen molar-refractivity contribution >= 4 is 39.1 Å². The van der Waals surface area contributed by atoms with Gasteiger partial charge in [-0.05, 0) is 57.9 Å². The molecule has 2 aromatic carbocycles. The summed E-state index contributed by atoms with van der Waals surface area (Å²) in [6.07, 6.45) is 0. The van der Waals surface area contributed by atoms with Crippen LogP contribution in [-0.2, 0) is 0 Å². The van der Waals surface area contributed by atoms with E-state index in [1.807, 2.05) is 64.1 Å². The molecule has 0 aliphatic heterocycles. The van der Waals surface area contributed by atoms with Crippen LogP contribution in [0.1, 0.15) is 56.1 Å². The van der Waals surface area contributed by atoms with Crippen molar-refractivity contribution in [3.8, 4) is 17.3 Å². The molecule has 0 aliphatic carbocycles. The Kier molecular flexibility index (Phi) is 7.18. The molecule has 0 radical (unpaired) electrons. The standard InChI is InChI=1S/C29H28N4O2S/c1-6-33(7-2)29(35)26-19(5)23(16-30)28(36-26)32-27(34)22-15-25(20-13-12-17(3)14-18(20)4)31-24-11-9-8-10-21(22)24/h8-15H,6-7H2,1-5H3,(H,32,34). The Morgan fingerprint density at radius 3 is 2.44 bits per heavy atom.